The van der Waals surface area contributed by atoms with E-state index < -0.39 is 6.03 Å². The standard InChI is InChI=1S/C26H23ClN8O4/c1-35-21-12-16(28-26(37)30-20-13-17(38-2)7-9-23(20)39-3)6-4-14(21)10-22(35)25(36)29-19-8-5-15(27)11-18(19)24-31-33-34-32-24/h4-13H,1-3H3,(H,29,36)(H2,28,30,37)(H,31,32,33,34). The average Bonchev–Trinajstić information content (AvgIpc) is 3.58. The fourth-order valence-electron chi connectivity index (χ4n) is 4.10. The summed E-state index contributed by atoms with van der Waals surface area (Å²) in [7, 11) is 4.82. The molecule has 0 unspecified atom stereocenters. The number of benzene rings is 3. The normalized spacial score (nSPS) is 10.8. The Kier molecular flexibility index (Phi) is 7.02. The first-order valence-electron chi connectivity index (χ1n) is 11.6. The molecule has 0 fully saturated rings. The van der Waals surface area contributed by atoms with Gasteiger partial charge in [0.25, 0.3) is 5.91 Å². The van der Waals surface area contributed by atoms with Crippen LogP contribution in [0.15, 0.2) is 60.7 Å². The monoisotopic (exact) mass is 546 g/mol. The van der Waals surface area contributed by atoms with Gasteiger partial charge in [0.2, 0.25) is 0 Å². The van der Waals surface area contributed by atoms with Crippen LogP contribution in [0.5, 0.6) is 11.5 Å². The minimum Gasteiger partial charge on any atom is -0.497 e. The number of fused-ring (bicyclic) bond motifs is 1. The maximum atomic E-state index is 13.3. The summed E-state index contributed by atoms with van der Waals surface area (Å²) < 4.78 is 12.3. The molecule has 2 heterocycles. The fraction of sp³-hybridized carbons (Fsp3) is 0.115. The number of urea groups is 1. The van der Waals surface area contributed by atoms with Crippen LogP contribution in [0.4, 0.5) is 21.9 Å². The van der Waals surface area contributed by atoms with Gasteiger partial charge in [-0.3, -0.25) is 4.79 Å². The lowest BCUT2D eigenvalue weighted by Gasteiger charge is -2.13. The Bertz CT molecular complexity index is 1680. The second kappa shape index (κ2) is 10.7. The largest absolute Gasteiger partial charge is 0.497 e. The molecule has 0 atom stereocenters. The van der Waals surface area contributed by atoms with Crippen molar-refractivity contribution >= 4 is 51.5 Å². The van der Waals surface area contributed by atoms with Crippen LogP contribution < -0.4 is 25.4 Å². The van der Waals surface area contributed by atoms with E-state index in [1.807, 2.05) is 6.07 Å². The molecule has 0 aliphatic heterocycles. The molecule has 0 aliphatic carbocycles. The van der Waals surface area contributed by atoms with E-state index in [2.05, 4.69) is 36.6 Å². The third-order valence-corrected chi connectivity index (χ3v) is 6.26. The van der Waals surface area contributed by atoms with Crippen LogP contribution in [0.1, 0.15) is 10.5 Å². The number of aromatic nitrogens is 5. The van der Waals surface area contributed by atoms with Gasteiger partial charge in [-0.1, -0.05) is 17.7 Å². The number of aryl methyl sites for hydroxylation is 1. The predicted molar refractivity (Wildman–Crippen MR) is 148 cm³/mol. The summed E-state index contributed by atoms with van der Waals surface area (Å²) in [4.78, 5) is 26.0. The second-order valence-corrected chi connectivity index (χ2v) is 8.84. The molecule has 0 aliphatic rings. The molecule has 13 heteroatoms. The van der Waals surface area contributed by atoms with E-state index in [0.717, 1.165) is 10.9 Å². The van der Waals surface area contributed by atoms with Gasteiger partial charge in [0, 0.05) is 34.8 Å². The summed E-state index contributed by atoms with van der Waals surface area (Å²) in [5, 5.41) is 23.5. The highest BCUT2D eigenvalue weighted by molar-refractivity contribution is 6.31. The molecular weight excluding hydrogens is 524 g/mol. The lowest BCUT2D eigenvalue weighted by molar-refractivity contribution is 0.101. The highest BCUT2D eigenvalue weighted by Crippen LogP contribution is 2.31. The lowest BCUT2D eigenvalue weighted by Crippen LogP contribution is -2.20. The zero-order chi connectivity index (χ0) is 27.5. The summed E-state index contributed by atoms with van der Waals surface area (Å²) in [5.74, 6) is 1.08. The topological polar surface area (TPSA) is 148 Å². The molecule has 3 amide bonds. The van der Waals surface area contributed by atoms with E-state index in [9.17, 15) is 9.59 Å². The van der Waals surface area contributed by atoms with Gasteiger partial charge in [-0.2, -0.15) is 0 Å². The lowest BCUT2D eigenvalue weighted by atomic mass is 10.1. The summed E-state index contributed by atoms with van der Waals surface area (Å²) in [6, 6.07) is 16.7. The third kappa shape index (κ3) is 5.31. The number of carbonyl (C=O) groups excluding carboxylic acids is 2. The van der Waals surface area contributed by atoms with Gasteiger partial charge < -0.3 is 30.0 Å². The predicted octanol–water partition coefficient (Wildman–Crippen LogP) is 4.93. The molecule has 198 valence electrons. The number of hydrogen-bond donors (Lipinski definition) is 4. The van der Waals surface area contributed by atoms with Crippen molar-refractivity contribution in [2.45, 2.75) is 0 Å². The summed E-state index contributed by atoms with van der Waals surface area (Å²) >= 11 is 6.15. The molecule has 0 spiro atoms. The van der Waals surface area contributed by atoms with Gasteiger partial charge >= 0.3 is 6.03 Å². The van der Waals surface area contributed by atoms with Crippen LogP contribution in [-0.2, 0) is 7.05 Å². The van der Waals surface area contributed by atoms with Crippen molar-refractivity contribution < 1.29 is 19.1 Å². The van der Waals surface area contributed by atoms with Gasteiger partial charge in [-0.25, -0.2) is 9.89 Å². The van der Waals surface area contributed by atoms with Gasteiger partial charge in [0.05, 0.1) is 31.1 Å². The van der Waals surface area contributed by atoms with Crippen LogP contribution in [0.25, 0.3) is 22.3 Å². The Morgan fingerprint density at radius 2 is 1.77 bits per heavy atom. The second-order valence-electron chi connectivity index (χ2n) is 8.40. The van der Waals surface area contributed by atoms with Crippen LogP contribution in [0, 0.1) is 0 Å². The van der Waals surface area contributed by atoms with E-state index >= 15 is 0 Å². The molecule has 5 rings (SSSR count). The Hall–Kier alpha value is -5.10. The number of halogens is 1. The van der Waals surface area contributed by atoms with E-state index in [0.29, 0.717) is 50.7 Å². The van der Waals surface area contributed by atoms with Crippen LogP contribution in [0.3, 0.4) is 0 Å². The van der Waals surface area contributed by atoms with Crippen molar-refractivity contribution in [3.05, 3.63) is 71.4 Å². The molecule has 4 N–H and O–H groups in total. The van der Waals surface area contributed by atoms with Crippen molar-refractivity contribution in [1.82, 2.24) is 25.2 Å². The minimum absolute atomic E-state index is 0.345. The number of nitrogens with zero attached hydrogens (tertiary/aromatic N) is 4. The molecule has 2 aromatic heterocycles. The highest BCUT2D eigenvalue weighted by atomic mass is 35.5. The summed E-state index contributed by atoms with van der Waals surface area (Å²) in [6.07, 6.45) is 0. The van der Waals surface area contributed by atoms with Crippen molar-refractivity contribution in [2.75, 3.05) is 30.2 Å². The van der Waals surface area contributed by atoms with Crippen LogP contribution >= 0.6 is 11.6 Å². The van der Waals surface area contributed by atoms with Crippen LogP contribution in [0.2, 0.25) is 5.02 Å². The third-order valence-electron chi connectivity index (χ3n) is 6.02. The van der Waals surface area contributed by atoms with Gasteiger partial charge in [0.1, 0.15) is 17.2 Å². The smallest absolute Gasteiger partial charge is 0.323 e. The number of carbonyl (C=O) groups is 2. The molecule has 5 aromatic rings. The maximum Gasteiger partial charge on any atom is 0.323 e. The van der Waals surface area contributed by atoms with Gasteiger partial charge in [-0.05, 0) is 59.0 Å². The zero-order valence-electron chi connectivity index (χ0n) is 21.1. The summed E-state index contributed by atoms with van der Waals surface area (Å²) in [6.45, 7) is 0. The molecule has 0 saturated heterocycles. The number of ether oxygens (including phenoxy) is 2. The molecule has 12 nitrogen and oxygen atoms in total. The first kappa shape index (κ1) is 25.5. The van der Waals surface area contributed by atoms with Crippen molar-refractivity contribution in [1.29, 1.82) is 0 Å². The Labute approximate surface area is 227 Å². The van der Waals surface area contributed by atoms with E-state index in [1.165, 1.54) is 14.2 Å². The molecule has 3 aromatic carbocycles. The Morgan fingerprint density at radius 3 is 2.51 bits per heavy atom. The number of anilines is 3. The molecule has 0 radical (unpaired) electrons. The molecule has 0 bridgehead atoms. The molecule has 39 heavy (non-hydrogen) atoms. The number of nitrogens with one attached hydrogen (secondary N) is 4. The fourth-order valence-corrected chi connectivity index (χ4v) is 4.28. The number of H-pyrrole nitrogens is 1. The van der Waals surface area contributed by atoms with E-state index in [4.69, 9.17) is 21.1 Å². The van der Waals surface area contributed by atoms with Crippen molar-refractivity contribution in [2.24, 2.45) is 7.05 Å². The maximum absolute atomic E-state index is 13.3. The van der Waals surface area contributed by atoms with Crippen molar-refractivity contribution in [3.63, 3.8) is 0 Å². The van der Waals surface area contributed by atoms with E-state index in [1.54, 1.807) is 66.2 Å². The van der Waals surface area contributed by atoms with E-state index in [-0.39, 0.29) is 5.91 Å². The Balaban J connectivity index is 1.36. The SMILES string of the molecule is COc1ccc(OC)c(NC(=O)Nc2ccc3cc(C(=O)Nc4ccc(Cl)cc4-c4nnn[nH]4)n(C)c3c2)c1. The quantitative estimate of drug-likeness (QED) is 0.226. The number of rotatable bonds is 7. The van der Waals surface area contributed by atoms with Gasteiger partial charge in [0.15, 0.2) is 5.82 Å². The summed E-state index contributed by atoms with van der Waals surface area (Å²) in [5.41, 5.74) is 3.17. The number of hydrogen-bond acceptors (Lipinski definition) is 7. The molecule has 0 saturated carbocycles. The minimum atomic E-state index is -0.467. The number of aromatic amines is 1. The Morgan fingerprint density at radius 1 is 0.923 bits per heavy atom. The van der Waals surface area contributed by atoms with Gasteiger partial charge in [-0.15, -0.1) is 5.10 Å². The highest BCUT2D eigenvalue weighted by Gasteiger charge is 2.18. The van der Waals surface area contributed by atoms with Crippen LogP contribution in [-0.4, -0.2) is 51.3 Å². The first-order chi connectivity index (χ1) is 18.9. The van der Waals surface area contributed by atoms with Crippen molar-refractivity contribution in [3.8, 4) is 22.9 Å². The zero-order valence-corrected chi connectivity index (χ0v) is 21.8. The average molecular weight is 547 g/mol. The first-order valence-corrected chi connectivity index (χ1v) is 12.0. The number of tetrazole rings is 1. The molecular formula is C26H23ClN8O4. The number of amides is 3. The number of methoxy groups -OCH3 is 2.